The van der Waals surface area contributed by atoms with Gasteiger partial charge in [-0.1, -0.05) is 60.7 Å². The van der Waals surface area contributed by atoms with E-state index in [-0.39, 0.29) is 17.3 Å². The summed E-state index contributed by atoms with van der Waals surface area (Å²) in [7, 11) is -3.59. The molecule has 5 nitrogen and oxygen atoms in total. The predicted octanol–water partition coefficient (Wildman–Crippen LogP) is 4.35. The molecule has 0 aliphatic carbocycles. The third kappa shape index (κ3) is 5.78. The van der Waals surface area contributed by atoms with Crippen molar-refractivity contribution in [1.29, 1.82) is 0 Å². The number of hydrogen-bond acceptors (Lipinski definition) is 3. The maximum atomic E-state index is 12.5. The Labute approximate surface area is 178 Å². The second-order valence-corrected chi connectivity index (χ2v) is 9.04. The lowest BCUT2D eigenvalue weighted by molar-refractivity contribution is -0.116. The van der Waals surface area contributed by atoms with Gasteiger partial charge in [-0.15, -0.1) is 0 Å². The van der Waals surface area contributed by atoms with E-state index in [4.69, 9.17) is 0 Å². The van der Waals surface area contributed by atoms with Gasteiger partial charge in [0.2, 0.25) is 15.9 Å². The standard InChI is InChI=1S/C24H26N2O3S/c1-18-7-6-8-19(2)24(18)26-23(27)16-13-20-11-14-22(15-12-20)30(28,29)25-17-21-9-4-3-5-10-21/h3-12,14-15,25H,13,16-17H2,1-2H3,(H,26,27). The van der Waals surface area contributed by atoms with E-state index >= 15 is 0 Å². The van der Waals surface area contributed by atoms with Crippen LogP contribution in [0.2, 0.25) is 0 Å². The van der Waals surface area contributed by atoms with Crippen molar-refractivity contribution in [3.8, 4) is 0 Å². The molecule has 3 aromatic carbocycles. The molecule has 3 rings (SSSR count). The lowest BCUT2D eigenvalue weighted by atomic mass is 10.1. The number of benzene rings is 3. The summed E-state index contributed by atoms with van der Waals surface area (Å²) in [5.74, 6) is -0.0615. The Morgan fingerprint density at radius 1 is 0.800 bits per heavy atom. The number of sulfonamides is 1. The molecule has 3 aromatic rings. The number of rotatable bonds is 8. The average molecular weight is 423 g/mol. The molecule has 0 aromatic heterocycles. The van der Waals surface area contributed by atoms with Crippen molar-refractivity contribution < 1.29 is 13.2 Å². The maximum absolute atomic E-state index is 12.5. The highest BCUT2D eigenvalue weighted by molar-refractivity contribution is 7.89. The molecule has 2 N–H and O–H groups in total. The highest BCUT2D eigenvalue weighted by Gasteiger charge is 2.14. The summed E-state index contributed by atoms with van der Waals surface area (Å²) in [5, 5.41) is 2.97. The van der Waals surface area contributed by atoms with Gasteiger partial charge in [0, 0.05) is 18.7 Å². The van der Waals surface area contributed by atoms with E-state index in [0.29, 0.717) is 12.8 Å². The number of hydrogen-bond donors (Lipinski definition) is 2. The largest absolute Gasteiger partial charge is 0.326 e. The third-order valence-corrected chi connectivity index (χ3v) is 6.35. The second kappa shape index (κ2) is 9.69. The molecule has 6 heteroatoms. The molecule has 1 amide bonds. The molecule has 0 atom stereocenters. The highest BCUT2D eigenvalue weighted by atomic mass is 32.2. The minimum Gasteiger partial charge on any atom is -0.326 e. The second-order valence-electron chi connectivity index (χ2n) is 7.27. The quantitative estimate of drug-likeness (QED) is 0.567. The van der Waals surface area contributed by atoms with Crippen LogP contribution in [0.15, 0.2) is 77.7 Å². The molecule has 0 saturated heterocycles. The summed E-state index contributed by atoms with van der Waals surface area (Å²) in [6.07, 6.45) is 0.862. The SMILES string of the molecule is Cc1cccc(C)c1NC(=O)CCc1ccc(S(=O)(=O)NCc2ccccc2)cc1. The lowest BCUT2D eigenvalue weighted by Crippen LogP contribution is -2.23. The number of amides is 1. The van der Waals surface area contributed by atoms with Crippen LogP contribution in [-0.2, 0) is 27.8 Å². The maximum Gasteiger partial charge on any atom is 0.240 e. The third-order valence-electron chi connectivity index (χ3n) is 4.93. The van der Waals surface area contributed by atoms with Gasteiger partial charge in [0.25, 0.3) is 0 Å². The van der Waals surface area contributed by atoms with Crippen LogP contribution in [-0.4, -0.2) is 14.3 Å². The van der Waals surface area contributed by atoms with Crippen LogP contribution in [0.25, 0.3) is 0 Å². The van der Waals surface area contributed by atoms with Gasteiger partial charge < -0.3 is 5.32 Å². The molecule has 0 saturated carbocycles. The van der Waals surface area contributed by atoms with Gasteiger partial charge in [-0.25, -0.2) is 13.1 Å². The molecule has 0 aliphatic heterocycles. The number of carbonyl (C=O) groups excluding carboxylic acids is 1. The molecule has 156 valence electrons. The summed E-state index contributed by atoms with van der Waals surface area (Å²) in [4.78, 5) is 12.5. The first-order valence-electron chi connectivity index (χ1n) is 9.84. The minimum atomic E-state index is -3.59. The Kier molecular flexibility index (Phi) is 7.03. The van der Waals surface area contributed by atoms with Gasteiger partial charge >= 0.3 is 0 Å². The van der Waals surface area contributed by atoms with E-state index in [1.165, 1.54) is 0 Å². The van der Waals surface area contributed by atoms with Crippen LogP contribution in [0.5, 0.6) is 0 Å². The Bertz CT molecular complexity index is 1090. The highest BCUT2D eigenvalue weighted by Crippen LogP contribution is 2.20. The Morgan fingerprint density at radius 3 is 2.07 bits per heavy atom. The van der Waals surface area contributed by atoms with E-state index in [1.54, 1.807) is 24.3 Å². The van der Waals surface area contributed by atoms with E-state index in [9.17, 15) is 13.2 Å². The summed E-state index contributed by atoms with van der Waals surface area (Å²) in [6, 6.07) is 21.9. The van der Waals surface area contributed by atoms with Gasteiger partial charge in [0.1, 0.15) is 0 Å². The Balaban J connectivity index is 1.55. The smallest absolute Gasteiger partial charge is 0.240 e. The number of para-hydroxylation sites is 1. The van der Waals surface area contributed by atoms with Gasteiger partial charge in [0.15, 0.2) is 0 Å². The van der Waals surface area contributed by atoms with Crippen molar-refractivity contribution in [1.82, 2.24) is 4.72 Å². The van der Waals surface area contributed by atoms with Crippen molar-refractivity contribution >= 4 is 21.6 Å². The van der Waals surface area contributed by atoms with Crippen molar-refractivity contribution in [2.75, 3.05) is 5.32 Å². The normalized spacial score (nSPS) is 11.3. The van der Waals surface area contributed by atoms with Crippen molar-refractivity contribution in [2.45, 2.75) is 38.1 Å². The molecule has 0 radical (unpaired) electrons. The lowest BCUT2D eigenvalue weighted by Gasteiger charge is -2.11. The zero-order chi connectivity index (χ0) is 21.6. The van der Waals surface area contributed by atoms with Gasteiger partial charge in [0.05, 0.1) is 4.90 Å². The van der Waals surface area contributed by atoms with Crippen LogP contribution in [0.4, 0.5) is 5.69 Å². The number of anilines is 1. The van der Waals surface area contributed by atoms with E-state index in [0.717, 1.165) is 27.9 Å². The number of carbonyl (C=O) groups is 1. The van der Waals surface area contributed by atoms with E-state index in [2.05, 4.69) is 10.0 Å². The molecule has 0 fully saturated rings. The molecule has 0 unspecified atom stereocenters. The Morgan fingerprint density at radius 2 is 1.43 bits per heavy atom. The molecule has 0 heterocycles. The van der Waals surface area contributed by atoms with Crippen molar-refractivity contribution in [2.24, 2.45) is 0 Å². The molecule has 30 heavy (non-hydrogen) atoms. The fraction of sp³-hybridized carbons (Fsp3) is 0.208. The topological polar surface area (TPSA) is 75.3 Å². The molecular formula is C24H26N2O3S. The predicted molar refractivity (Wildman–Crippen MR) is 120 cm³/mol. The summed E-state index contributed by atoms with van der Waals surface area (Å²) in [6.45, 7) is 4.17. The summed E-state index contributed by atoms with van der Waals surface area (Å²) < 4.78 is 27.6. The summed E-state index contributed by atoms with van der Waals surface area (Å²) >= 11 is 0. The van der Waals surface area contributed by atoms with Crippen LogP contribution in [0.1, 0.15) is 28.7 Å². The van der Waals surface area contributed by atoms with Crippen molar-refractivity contribution in [3.63, 3.8) is 0 Å². The van der Waals surface area contributed by atoms with E-state index in [1.807, 2.05) is 62.4 Å². The zero-order valence-corrected chi connectivity index (χ0v) is 18.0. The van der Waals surface area contributed by atoms with Crippen molar-refractivity contribution in [3.05, 3.63) is 95.1 Å². The molecular weight excluding hydrogens is 396 g/mol. The van der Waals surface area contributed by atoms with Crippen LogP contribution in [0, 0.1) is 13.8 Å². The van der Waals surface area contributed by atoms with Gasteiger partial charge in [-0.2, -0.15) is 0 Å². The van der Waals surface area contributed by atoms with Gasteiger partial charge in [-0.05, 0) is 54.7 Å². The first-order valence-corrected chi connectivity index (χ1v) is 11.3. The number of nitrogens with one attached hydrogen (secondary N) is 2. The summed E-state index contributed by atoms with van der Waals surface area (Å²) in [5.41, 5.74) is 4.72. The fourth-order valence-electron chi connectivity index (χ4n) is 3.16. The fourth-order valence-corrected chi connectivity index (χ4v) is 4.18. The first kappa shape index (κ1) is 21.7. The Hall–Kier alpha value is -2.96. The van der Waals surface area contributed by atoms with Gasteiger partial charge in [-0.3, -0.25) is 4.79 Å². The van der Waals surface area contributed by atoms with Crippen LogP contribution in [0.3, 0.4) is 0 Å². The zero-order valence-electron chi connectivity index (χ0n) is 17.2. The monoisotopic (exact) mass is 422 g/mol. The first-order chi connectivity index (χ1) is 14.3. The van der Waals surface area contributed by atoms with Crippen LogP contribution < -0.4 is 10.0 Å². The molecule has 0 bridgehead atoms. The average Bonchev–Trinajstić information content (AvgIpc) is 2.75. The van der Waals surface area contributed by atoms with E-state index < -0.39 is 10.0 Å². The molecule has 0 aliphatic rings. The number of aryl methyl sites for hydroxylation is 3. The molecule has 0 spiro atoms. The minimum absolute atomic E-state index is 0.0615. The van der Waals surface area contributed by atoms with Crippen LogP contribution >= 0.6 is 0 Å².